The van der Waals surface area contributed by atoms with Crippen LogP contribution < -0.4 is 0 Å². The predicted octanol–water partition coefficient (Wildman–Crippen LogP) is 4.36. The Labute approximate surface area is 124 Å². The van der Waals surface area contributed by atoms with Gasteiger partial charge in [0.2, 0.25) is 0 Å². The van der Waals surface area contributed by atoms with Crippen molar-refractivity contribution in [1.29, 1.82) is 0 Å². The van der Waals surface area contributed by atoms with Crippen molar-refractivity contribution in [2.24, 2.45) is 0 Å². The van der Waals surface area contributed by atoms with Crippen molar-refractivity contribution < 1.29 is 9.53 Å². The number of carbonyl (C=O) groups excluding carboxylic acids is 1. The Bertz CT molecular complexity index is 620. The monoisotopic (exact) mass is 288 g/mol. The fourth-order valence-corrected chi connectivity index (χ4v) is 2.31. The summed E-state index contributed by atoms with van der Waals surface area (Å²) in [6, 6.07) is 13.2. The largest absolute Gasteiger partial charge is 0.369 e. The molecule has 0 radical (unpaired) electrons. The maximum absolute atomic E-state index is 12.1. The summed E-state index contributed by atoms with van der Waals surface area (Å²) in [5, 5.41) is 0.673. The van der Waals surface area contributed by atoms with E-state index < -0.39 is 0 Å². The van der Waals surface area contributed by atoms with Gasteiger partial charge in [-0.3, -0.25) is 4.79 Å². The minimum Gasteiger partial charge on any atom is -0.369 e. The summed E-state index contributed by atoms with van der Waals surface area (Å²) in [5.74, 6) is 0.00419. The molecule has 0 unspecified atom stereocenters. The zero-order valence-electron chi connectivity index (χ0n) is 11.7. The van der Waals surface area contributed by atoms with E-state index in [1.165, 1.54) is 0 Å². The van der Waals surface area contributed by atoms with Gasteiger partial charge in [-0.05, 0) is 37.1 Å². The highest BCUT2D eigenvalue weighted by Crippen LogP contribution is 2.13. The molecule has 3 heteroatoms. The number of aryl methyl sites for hydroxylation is 2. The molecule has 0 bridgehead atoms. The molecule has 2 rings (SSSR count). The Morgan fingerprint density at radius 2 is 1.95 bits per heavy atom. The van der Waals surface area contributed by atoms with E-state index in [2.05, 4.69) is 0 Å². The first kappa shape index (κ1) is 14.8. The Hall–Kier alpha value is -1.64. The van der Waals surface area contributed by atoms with E-state index in [-0.39, 0.29) is 12.4 Å². The predicted molar refractivity (Wildman–Crippen MR) is 81.4 cm³/mol. The molecule has 0 aliphatic rings. The normalized spacial score (nSPS) is 10.6. The summed E-state index contributed by atoms with van der Waals surface area (Å²) in [5.41, 5.74) is 3.83. The summed E-state index contributed by atoms with van der Waals surface area (Å²) in [6.07, 6.45) is 0. The maximum atomic E-state index is 12.1. The van der Waals surface area contributed by atoms with Crippen LogP contribution in [0.15, 0.2) is 42.5 Å². The van der Waals surface area contributed by atoms with Gasteiger partial charge >= 0.3 is 0 Å². The zero-order valence-corrected chi connectivity index (χ0v) is 12.4. The van der Waals surface area contributed by atoms with Crippen molar-refractivity contribution in [3.8, 4) is 0 Å². The van der Waals surface area contributed by atoms with E-state index in [9.17, 15) is 4.79 Å². The van der Waals surface area contributed by atoms with Gasteiger partial charge in [-0.2, -0.15) is 0 Å². The Morgan fingerprint density at radius 3 is 2.65 bits per heavy atom. The molecule has 2 aromatic rings. The quantitative estimate of drug-likeness (QED) is 0.764. The topological polar surface area (TPSA) is 26.3 Å². The van der Waals surface area contributed by atoms with Gasteiger partial charge in [0.1, 0.15) is 6.61 Å². The first-order valence-electron chi connectivity index (χ1n) is 6.49. The van der Waals surface area contributed by atoms with Crippen molar-refractivity contribution in [2.75, 3.05) is 6.61 Å². The number of ether oxygens (including phenoxy) is 1. The molecule has 104 valence electrons. The van der Waals surface area contributed by atoms with E-state index in [4.69, 9.17) is 16.3 Å². The maximum Gasteiger partial charge on any atom is 0.188 e. The molecule has 2 aromatic carbocycles. The number of benzene rings is 2. The lowest BCUT2D eigenvalue weighted by molar-refractivity contribution is 0.0726. The van der Waals surface area contributed by atoms with Crippen molar-refractivity contribution in [3.63, 3.8) is 0 Å². The number of halogens is 1. The second kappa shape index (κ2) is 6.69. The van der Waals surface area contributed by atoms with Crippen molar-refractivity contribution in [1.82, 2.24) is 0 Å². The fourth-order valence-electron chi connectivity index (χ4n) is 2.09. The average molecular weight is 289 g/mol. The molecule has 0 aliphatic carbocycles. The van der Waals surface area contributed by atoms with Gasteiger partial charge < -0.3 is 4.74 Å². The lowest BCUT2D eigenvalue weighted by atomic mass is 10.0. The molecule has 0 atom stereocenters. The van der Waals surface area contributed by atoms with E-state index in [0.717, 1.165) is 22.3 Å². The van der Waals surface area contributed by atoms with Crippen LogP contribution in [0.25, 0.3) is 0 Å². The second-order valence-electron chi connectivity index (χ2n) is 4.86. The number of hydrogen-bond donors (Lipinski definition) is 0. The highest BCUT2D eigenvalue weighted by atomic mass is 35.5. The lowest BCUT2D eigenvalue weighted by Gasteiger charge is -2.07. The molecule has 0 aliphatic heterocycles. The summed E-state index contributed by atoms with van der Waals surface area (Å²) in [4.78, 5) is 12.1. The summed E-state index contributed by atoms with van der Waals surface area (Å²) in [7, 11) is 0. The van der Waals surface area contributed by atoms with Crippen LogP contribution in [-0.2, 0) is 11.3 Å². The van der Waals surface area contributed by atoms with Crippen molar-refractivity contribution in [2.45, 2.75) is 20.5 Å². The van der Waals surface area contributed by atoms with Gasteiger partial charge in [0, 0.05) is 10.6 Å². The molecule has 0 spiro atoms. The van der Waals surface area contributed by atoms with Gasteiger partial charge in [-0.1, -0.05) is 47.5 Å². The van der Waals surface area contributed by atoms with Crippen LogP contribution in [0.4, 0.5) is 0 Å². The fraction of sp³-hybridized carbons (Fsp3) is 0.235. The van der Waals surface area contributed by atoms with E-state index >= 15 is 0 Å². The minimum absolute atomic E-state index is 0.00419. The van der Waals surface area contributed by atoms with Crippen LogP contribution in [-0.4, -0.2) is 12.4 Å². The summed E-state index contributed by atoms with van der Waals surface area (Å²) < 4.78 is 5.47. The smallest absolute Gasteiger partial charge is 0.188 e. The molecule has 0 fully saturated rings. The summed E-state index contributed by atoms with van der Waals surface area (Å²) in [6.45, 7) is 4.42. The number of hydrogen-bond acceptors (Lipinski definition) is 2. The molecule has 0 saturated heterocycles. The Kier molecular flexibility index (Phi) is 4.94. The van der Waals surface area contributed by atoms with Gasteiger partial charge in [0.05, 0.1) is 6.61 Å². The van der Waals surface area contributed by atoms with Crippen LogP contribution in [0.3, 0.4) is 0 Å². The molecule has 0 N–H and O–H groups in total. The SMILES string of the molecule is Cc1ccc(C(=O)COCc2cccc(Cl)c2)c(C)c1. The van der Waals surface area contributed by atoms with Gasteiger partial charge in [-0.15, -0.1) is 0 Å². The van der Waals surface area contributed by atoms with Crippen LogP contribution in [0, 0.1) is 13.8 Å². The molecule has 0 amide bonds. The van der Waals surface area contributed by atoms with E-state index in [0.29, 0.717) is 11.6 Å². The average Bonchev–Trinajstić information content (AvgIpc) is 2.38. The summed E-state index contributed by atoms with van der Waals surface area (Å²) >= 11 is 5.90. The minimum atomic E-state index is 0.00419. The molecule has 20 heavy (non-hydrogen) atoms. The van der Waals surface area contributed by atoms with Gasteiger partial charge in [0.25, 0.3) is 0 Å². The third kappa shape index (κ3) is 3.92. The molecular weight excluding hydrogens is 272 g/mol. The van der Waals surface area contributed by atoms with Crippen LogP contribution in [0.5, 0.6) is 0 Å². The third-order valence-corrected chi connectivity index (χ3v) is 3.31. The third-order valence-electron chi connectivity index (χ3n) is 3.07. The van der Waals surface area contributed by atoms with Crippen LogP contribution >= 0.6 is 11.6 Å². The van der Waals surface area contributed by atoms with Crippen molar-refractivity contribution in [3.05, 3.63) is 69.7 Å². The first-order valence-corrected chi connectivity index (χ1v) is 6.86. The number of Topliss-reactive ketones (excluding diaryl/α,β-unsaturated/α-hetero) is 1. The van der Waals surface area contributed by atoms with Crippen LogP contribution in [0.1, 0.15) is 27.0 Å². The first-order chi connectivity index (χ1) is 9.56. The number of carbonyl (C=O) groups is 1. The Balaban J connectivity index is 1.92. The van der Waals surface area contributed by atoms with Crippen molar-refractivity contribution >= 4 is 17.4 Å². The number of rotatable bonds is 5. The number of ketones is 1. The molecule has 0 aromatic heterocycles. The zero-order chi connectivity index (χ0) is 14.5. The van der Waals surface area contributed by atoms with E-state index in [1.807, 2.05) is 56.3 Å². The second-order valence-corrected chi connectivity index (χ2v) is 5.30. The Morgan fingerprint density at radius 1 is 1.15 bits per heavy atom. The van der Waals surface area contributed by atoms with Crippen LogP contribution in [0.2, 0.25) is 5.02 Å². The molecular formula is C17H17ClO2. The highest BCUT2D eigenvalue weighted by Gasteiger charge is 2.09. The van der Waals surface area contributed by atoms with Gasteiger partial charge in [0.15, 0.2) is 5.78 Å². The molecule has 0 saturated carbocycles. The van der Waals surface area contributed by atoms with E-state index in [1.54, 1.807) is 0 Å². The molecule has 0 heterocycles. The van der Waals surface area contributed by atoms with Gasteiger partial charge in [-0.25, -0.2) is 0 Å². The molecule has 2 nitrogen and oxygen atoms in total. The highest BCUT2D eigenvalue weighted by molar-refractivity contribution is 6.30. The standard InChI is InChI=1S/C17H17ClO2/c1-12-6-7-16(13(2)8-12)17(19)11-20-10-14-4-3-5-15(18)9-14/h3-9H,10-11H2,1-2H3. The lowest BCUT2D eigenvalue weighted by Crippen LogP contribution is -2.10.